The molecule has 0 bridgehead atoms. The molecule has 2 fully saturated rings. The Hall–Kier alpha value is -0.0800. The summed E-state index contributed by atoms with van der Waals surface area (Å²) in [6.07, 6.45) is 24.4. The Bertz CT molecular complexity index is 324. The summed E-state index contributed by atoms with van der Waals surface area (Å²) in [5.41, 5.74) is 0.332. The molecular formula is C24H48N2. The third-order valence-corrected chi connectivity index (χ3v) is 7.77. The molecule has 0 aromatic heterocycles. The number of rotatable bonds is 12. The van der Waals surface area contributed by atoms with E-state index in [9.17, 15) is 0 Å². The van der Waals surface area contributed by atoms with Crippen LogP contribution in [0.4, 0.5) is 0 Å². The zero-order chi connectivity index (χ0) is 18.7. The molecule has 0 heterocycles. The van der Waals surface area contributed by atoms with Crippen LogP contribution < -0.4 is 10.6 Å². The van der Waals surface area contributed by atoms with Crippen LogP contribution in [0.2, 0.25) is 0 Å². The van der Waals surface area contributed by atoms with Crippen LogP contribution in [0.3, 0.4) is 0 Å². The summed E-state index contributed by atoms with van der Waals surface area (Å²) in [5, 5.41) is 7.83. The maximum absolute atomic E-state index is 4.00. The number of nitrogens with one attached hydrogen (secondary N) is 2. The lowest BCUT2D eigenvalue weighted by Crippen LogP contribution is -2.67. The van der Waals surface area contributed by atoms with Gasteiger partial charge < -0.3 is 10.6 Å². The summed E-state index contributed by atoms with van der Waals surface area (Å²) >= 11 is 0. The highest BCUT2D eigenvalue weighted by Crippen LogP contribution is 2.45. The molecule has 0 radical (unpaired) electrons. The molecule has 0 aromatic rings. The van der Waals surface area contributed by atoms with E-state index in [2.05, 4.69) is 31.7 Å². The lowest BCUT2D eigenvalue weighted by atomic mass is 9.60. The lowest BCUT2D eigenvalue weighted by molar-refractivity contribution is 0.0377. The second kappa shape index (κ2) is 12.4. The van der Waals surface area contributed by atoms with Crippen molar-refractivity contribution in [1.29, 1.82) is 0 Å². The molecule has 154 valence electrons. The third-order valence-electron chi connectivity index (χ3n) is 7.77. The van der Waals surface area contributed by atoms with Crippen molar-refractivity contribution >= 4 is 0 Å². The van der Waals surface area contributed by atoms with Gasteiger partial charge in [-0.2, -0.15) is 0 Å². The molecule has 0 amide bonds. The zero-order valence-corrected chi connectivity index (χ0v) is 18.3. The Morgan fingerprint density at radius 3 is 1.69 bits per heavy atom. The van der Waals surface area contributed by atoms with Crippen molar-refractivity contribution in [1.82, 2.24) is 10.6 Å². The van der Waals surface area contributed by atoms with Crippen molar-refractivity contribution in [2.24, 2.45) is 11.8 Å². The molecule has 2 aliphatic rings. The molecule has 0 spiro atoms. The highest BCUT2D eigenvalue weighted by molar-refractivity contribution is 5.07. The highest BCUT2D eigenvalue weighted by Gasteiger charge is 2.48. The summed E-state index contributed by atoms with van der Waals surface area (Å²) in [5.74, 6) is 1.75. The summed E-state index contributed by atoms with van der Waals surface area (Å²) in [7, 11) is 4.52. The molecule has 2 saturated carbocycles. The first-order valence-corrected chi connectivity index (χ1v) is 12.2. The minimum Gasteiger partial charge on any atom is -0.315 e. The van der Waals surface area contributed by atoms with Gasteiger partial charge in [0.15, 0.2) is 0 Å². The molecule has 0 aromatic carbocycles. The van der Waals surface area contributed by atoms with Crippen LogP contribution in [0.15, 0.2) is 0 Å². The number of unbranched alkanes of at least 4 members (excludes halogenated alkanes) is 5. The van der Waals surface area contributed by atoms with Gasteiger partial charge in [-0.05, 0) is 58.0 Å². The first kappa shape index (κ1) is 22.2. The number of likely N-dealkylation sites (N-methyl/N-ethyl adjacent to an activating group) is 2. The van der Waals surface area contributed by atoms with Crippen molar-refractivity contribution < 1.29 is 0 Å². The topological polar surface area (TPSA) is 24.1 Å². The van der Waals surface area contributed by atoms with Crippen molar-refractivity contribution in [2.45, 2.75) is 128 Å². The largest absolute Gasteiger partial charge is 0.315 e. The Balaban J connectivity index is 2.05. The van der Waals surface area contributed by atoms with Crippen LogP contribution in [0.1, 0.15) is 116 Å². The molecule has 2 rings (SSSR count). The van der Waals surface area contributed by atoms with Crippen molar-refractivity contribution in [3.8, 4) is 0 Å². The van der Waals surface area contributed by atoms with E-state index in [1.54, 1.807) is 0 Å². The summed E-state index contributed by atoms with van der Waals surface area (Å²) < 4.78 is 0. The van der Waals surface area contributed by atoms with Crippen molar-refractivity contribution in [2.75, 3.05) is 14.1 Å². The molecule has 2 heteroatoms. The second-order valence-corrected chi connectivity index (χ2v) is 9.25. The molecule has 26 heavy (non-hydrogen) atoms. The zero-order valence-electron chi connectivity index (χ0n) is 18.3. The van der Waals surface area contributed by atoms with Gasteiger partial charge in [-0.3, -0.25) is 0 Å². The minimum absolute atomic E-state index is 0.332. The third kappa shape index (κ3) is 5.71. The van der Waals surface area contributed by atoms with Crippen LogP contribution in [0.25, 0.3) is 0 Å². The van der Waals surface area contributed by atoms with Crippen LogP contribution in [0.5, 0.6) is 0 Å². The van der Waals surface area contributed by atoms with Crippen molar-refractivity contribution in [3.63, 3.8) is 0 Å². The first-order chi connectivity index (χ1) is 12.8. The molecule has 0 saturated heterocycles. The minimum atomic E-state index is 0.332. The van der Waals surface area contributed by atoms with E-state index in [1.807, 2.05) is 0 Å². The lowest BCUT2D eigenvalue weighted by Gasteiger charge is -2.54. The van der Waals surface area contributed by atoms with E-state index in [0.717, 1.165) is 11.8 Å². The summed E-state index contributed by atoms with van der Waals surface area (Å²) in [6.45, 7) is 2.31. The van der Waals surface area contributed by atoms with Crippen molar-refractivity contribution in [3.05, 3.63) is 0 Å². The molecular weight excluding hydrogens is 316 g/mol. The average molecular weight is 365 g/mol. The van der Waals surface area contributed by atoms with E-state index < -0.39 is 0 Å². The van der Waals surface area contributed by atoms with Gasteiger partial charge in [0.1, 0.15) is 0 Å². The van der Waals surface area contributed by atoms with E-state index >= 15 is 0 Å². The highest BCUT2D eigenvalue weighted by atomic mass is 15.1. The fraction of sp³-hybridized carbons (Fsp3) is 1.00. The molecule has 2 N–H and O–H groups in total. The summed E-state index contributed by atoms with van der Waals surface area (Å²) in [6, 6.07) is 0.643. The fourth-order valence-corrected chi connectivity index (χ4v) is 6.40. The van der Waals surface area contributed by atoms with Gasteiger partial charge in [0.25, 0.3) is 0 Å². The average Bonchev–Trinajstić information content (AvgIpc) is 2.71. The van der Waals surface area contributed by atoms with Crippen LogP contribution in [-0.4, -0.2) is 25.7 Å². The molecule has 0 aliphatic heterocycles. The molecule has 1 unspecified atom stereocenters. The number of hydrogen-bond donors (Lipinski definition) is 2. The van der Waals surface area contributed by atoms with Gasteiger partial charge in [-0.25, -0.2) is 0 Å². The SMILES string of the molecule is CCCCCCCCC(NC)C(NC)(C1CCCCC1)C1CCCCC1. The van der Waals surface area contributed by atoms with Crippen LogP contribution in [0, 0.1) is 11.8 Å². The van der Waals surface area contributed by atoms with Gasteiger partial charge in [-0.1, -0.05) is 84.0 Å². The Labute approximate surface area is 164 Å². The molecule has 2 aliphatic carbocycles. The molecule has 2 nitrogen and oxygen atoms in total. The van der Waals surface area contributed by atoms with Crippen LogP contribution in [-0.2, 0) is 0 Å². The normalized spacial score (nSPS) is 21.8. The van der Waals surface area contributed by atoms with Crippen LogP contribution >= 0.6 is 0 Å². The fourth-order valence-electron chi connectivity index (χ4n) is 6.40. The first-order valence-electron chi connectivity index (χ1n) is 12.2. The van der Waals surface area contributed by atoms with E-state index in [1.165, 1.54) is 109 Å². The van der Waals surface area contributed by atoms with Gasteiger partial charge >= 0.3 is 0 Å². The Morgan fingerprint density at radius 1 is 0.731 bits per heavy atom. The Morgan fingerprint density at radius 2 is 1.23 bits per heavy atom. The second-order valence-electron chi connectivity index (χ2n) is 9.25. The standard InChI is InChI=1S/C24H48N2/c1-4-5-6-7-8-15-20-23(25-2)24(26-3,21-16-11-9-12-17-21)22-18-13-10-14-19-22/h21-23,25-26H,4-20H2,1-3H3. The van der Waals surface area contributed by atoms with Gasteiger partial charge in [-0.15, -0.1) is 0 Å². The predicted octanol–water partition coefficient (Wildman–Crippen LogP) is 6.44. The smallest absolute Gasteiger partial charge is 0.0389 e. The summed E-state index contributed by atoms with van der Waals surface area (Å²) in [4.78, 5) is 0. The van der Waals surface area contributed by atoms with Gasteiger partial charge in [0.05, 0.1) is 0 Å². The quantitative estimate of drug-likeness (QED) is 0.389. The van der Waals surface area contributed by atoms with E-state index in [-0.39, 0.29) is 0 Å². The number of hydrogen-bond acceptors (Lipinski definition) is 2. The molecule has 1 atom stereocenters. The van der Waals surface area contributed by atoms with Gasteiger partial charge in [0, 0.05) is 11.6 Å². The van der Waals surface area contributed by atoms with Gasteiger partial charge in [0.2, 0.25) is 0 Å². The predicted molar refractivity (Wildman–Crippen MR) is 116 cm³/mol. The monoisotopic (exact) mass is 364 g/mol. The maximum atomic E-state index is 4.00. The maximum Gasteiger partial charge on any atom is 0.0389 e. The van der Waals surface area contributed by atoms with E-state index in [0.29, 0.717) is 11.6 Å². The van der Waals surface area contributed by atoms with E-state index in [4.69, 9.17) is 0 Å². The Kier molecular flexibility index (Phi) is 10.6.